The van der Waals surface area contributed by atoms with Gasteiger partial charge in [0.1, 0.15) is 15.2 Å². The minimum absolute atomic E-state index is 0.236. The molecule has 1 fully saturated rings. The molecule has 1 N–H and O–H groups in total. The first kappa shape index (κ1) is 23.5. The van der Waals surface area contributed by atoms with Crippen molar-refractivity contribution in [2.24, 2.45) is 0 Å². The average molecular weight is 489 g/mol. The number of halogens is 1. The zero-order valence-corrected chi connectivity index (χ0v) is 19.3. The molecule has 2 atom stereocenters. The Kier molecular flexibility index (Phi) is 7.99. The molecular formula is C18H25BrN4O5S. The van der Waals surface area contributed by atoms with E-state index >= 15 is 0 Å². The van der Waals surface area contributed by atoms with Gasteiger partial charge < -0.3 is 14.2 Å². The molecule has 29 heavy (non-hydrogen) atoms. The summed E-state index contributed by atoms with van der Waals surface area (Å²) < 4.78 is 16.7. The summed E-state index contributed by atoms with van der Waals surface area (Å²) in [6.45, 7) is 8.07. The number of hydrogen-bond acceptors (Lipinski definition) is 9. The summed E-state index contributed by atoms with van der Waals surface area (Å²) in [4.78, 5) is 29.7. The zero-order valence-electron chi connectivity index (χ0n) is 16.9. The van der Waals surface area contributed by atoms with E-state index in [4.69, 9.17) is 14.2 Å². The zero-order chi connectivity index (χ0) is 21.7. The van der Waals surface area contributed by atoms with Crippen molar-refractivity contribution in [3.63, 3.8) is 0 Å². The number of carbonyl (C=O) groups excluding carboxylic acids is 2. The Morgan fingerprint density at radius 3 is 2.83 bits per heavy atom. The lowest BCUT2D eigenvalue weighted by Crippen LogP contribution is -2.65. The summed E-state index contributed by atoms with van der Waals surface area (Å²) in [6.07, 6.45) is -1.14. The van der Waals surface area contributed by atoms with E-state index in [1.54, 1.807) is 26.2 Å². The van der Waals surface area contributed by atoms with Gasteiger partial charge in [0.2, 0.25) is 5.54 Å². The van der Waals surface area contributed by atoms with Crippen molar-refractivity contribution in [1.82, 2.24) is 15.2 Å². The van der Waals surface area contributed by atoms with Gasteiger partial charge in [-0.05, 0) is 43.1 Å². The Morgan fingerprint density at radius 2 is 2.28 bits per heavy atom. The van der Waals surface area contributed by atoms with Gasteiger partial charge in [0.15, 0.2) is 6.23 Å². The second kappa shape index (κ2) is 9.84. The SMILES string of the molecule is CC(=O)OCCCN1CCOC(NC(=O)OC(C)(C)C)[C@@]1(C#N)c1nc(Br)cs1. The molecule has 0 aliphatic carbocycles. The summed E-state index contributed by atoms with van der Waals surface area (Å²) in [5.74, 6) is -0.355. The normalized spacial score (nSPS) is 22.6. The molecule has 1 amide bonds. The van der Waals surface area contributed by atoms with Gasteiger partial charge >= 0.3 is 12.1 Å². The quantitative estimate of drug-likeness (QED) is 0.480. The summed E-state index contributed by atoms with van der Waals surface area (Å²) in [6, 6.07) is 2.32. The van der Waals surface area contributed by atoms with Gasteiger partial charge in [0, 0.05) is 25.4 Å². The minimum atomic E-state index is -1.35. The maximum absolute atomic E-state index is 12.4. The molecule has 9 nitrogen and oxygen atoms in total. The number of rotatable bonds is 6. The van der Waals surface area contributed by atoms with Crippen LogP contribution in [-0.4, -0.2) is 60.1 Å². The summed E-state index contributed by atoms with van der Waals surface area (Å²) in [5, 5.41) is 15.2. The number of nitriles is 1. The molecule has 160 valence electrons. The molecule has 0 radical (unpaired) electrons. The van der Waals surface area contributed by atoms with Crippen LogP contribution in [0, 0.1) is 11.3 Å². The number of carbonyl (C=O) groups is 2. The topological polar surface area (TPSA) is 114 Å². The van der Waals surface area contributed by atoms with Crippen LogP contribution < -0.4 is 5.32 Å². The number of aromatic nitrogens is 1. The van der Waals surface area contributed by atoms with Crippen LogP contribution in [0.1, 0.15) is 39.1 Å². The minimum Gasteiger partial charge on any atom is -0.466 e. The molecule has 1 saturated heterocycles. The van der Waals surface area contributed by atoms with Gasteiger partial charge in [-0.25, -0.2) is 9.78 Å². The molecule has 2 rings (SSSR count). The fourth-order valence-electron chi connectivity index (χ4n) is 2.92. The van der Waals surface area contributed by atoms with E-state index in [1.165, 1.54) is 18.3 Å². The number of alkyl carbamates (subject to hydrolysis) is 1. The predicted octanol–water partition coefficient (Wildman–Crippen LogP) is 2.76. The molecule has 1 aromatic rings. The van der Waals surface area contributed by atoms with Gasteiger partial charge in [-0.1, -0.05) is 0 Å². The predicted molar refractivity (Wildman–Crippen MR) is 109 cm³/mol. The fraction of sp³-hybridized carbons (Fsp3) is 0.667. The van der Waals surface area contributed by atoms with E-state index in [-0.39, 0.29) is 12.6 Å². The molecular weight excluding hydrogens is 464 g/mol. The summed E-state index contributed by atoms with van der Waals surface area (Å²) in [7, 11) is 0. The molecule has 1 unspecified atom stereocenters. The van der Waals surface area contributed by atoms with Crippen molar-refractivity contribution >= 4 is 39.3 Å². The highest BCUT2D eigenvalue weighted by atomic mass is 79.9. The van der Waals surface area contributed by atoms with E-state index in [1.807, 2.05) is 4.90 Å². The van der Waals surface area contributed by atoms with Crippen molar-refractivity contribution in [3.8, 4) is 6.07 Å². The van der Waals surface area contributed by atoms with Gasteiger partial charge in [-0.15, -0.1) is 11.3 Å². The maximum Gasteiger partial charge on any atom is 0.409 e. The van der Waals surface area contributed by atoms with Crippen LogP contribution in [0.25, 0.3) is 0 Å². The van der Waals surface area contributed by atoms with Crippen LogP contribution in [0.2, 0.25) is 0 Å². The third-order valence-corrected chi connectivity index (χ3v) is 5.70. The van der Waals surface area contributed by atoms with Crippen LogP contribution in [0.5, 0.6) is 0 Å². The highest BCUT2D eigenvalue weighted by Gasteiger charge is 2.53. The molecule has 1 aliphatic heterocycles. The molecule has 0 bridgehead atoms. The number of nitrogens with one attached hydrogen (secondary N) is 1. The van der Waals surface area contributed by atoms with Crippen LogP contribution in [-0.2, 0) is 24.5 Å². The van der Waals surface area contributed by atoms with Crippen LogP contribution in [0.15, 0.2) is 9.98 Å². The molecule has 0 saturated carbocycles. The number of esters is 1. The standard InChI is InChI=1S/C18H25BrN4O5S/c1-12(24)26-8-5-6-23-7-9-27-14(22-16(25)28-17(2,3)4)18(23,11-20)15-21-13(19)10-29-15/h10,14H,5-9H2,1-4H3,(H,22,25)/t14?,18-/m0/s1. The third kappa shape index (κ3) is 6.12. The highest BCUT2D eigenvalue weighted by molar-refractivity contribution is 9.10. The first-order chi connectivity index (χ1) is 13.6. The second-order valence-electron chi connectivity index (χ2n) is 7.43. The van der Waals surface area contributed by atoms with Crippen molar-refractivity contribution < 1.29 is 23.8 Å². The number of ether oxygens (including phenoxy) is 3. The maximum atomic E-state index is 12.4. The van der Waals surface area contributed by atoms with Crippen LogP contribution in [0.3, 0.4) is 0 Å². The largest absolute Gasteiger partial charge is 0.466 e. The Bertz CT molecular complexity index is 775. The van der Waals surface area contributed by atoms with Crippen LogP contribution >= 0.6 is 27.3 Å². The number of amides is 1. The summed E-state index contributed by atoms with van der Waals surface area (Å²) >= 11 is 4.62. The Hall–Kier alpha value is -1.74. The molecule has 0 aromatic carbocycles. The Balaban J connectivity index is 2.29. The molecule has 1 aliphatic rings. The van der Waals surface area contributed by atoms with Crippen LogP contribution in [0.4, 0.5) is 4.79 Å². The van der Waals surface area contributed by atoms with E-state index in [0.29, 0.717) is 35.7 Å². The first-order valence-corrected chi connectivity index (χ1v) is 10.8. The average Bonchev–Trinajstić information content (AvgIpc) is 3.04. The number of nitrogens with zero attached hydrogens (tertiary/aromatic N) is 3. The van der Waals surface area contributed by atoms with Gasteiger partial charge in [0.25, 0.3) is 0 Å². The molecule has 2 heterocycles. The van der Waals surface area contributed by atoms with Crippen molar-refractivity contribution in [1.29, 1.82) is 5.26 Å². The molecule has 0 spiro atoms. The Labute approximate surface area is 182 Å². The lowest BCUT2D eigenvalue weighted by Gasteiger charge is -2.45. The second-order valence-corrected chi connectivity index (χ2v) is 9.10. The summed E-state index contributed by atoms with van der Waals surface area (Å²) in [5.41, 5.74) is -2.04. The van der Waals surface area contributed by atoms with Gasteiger partial charge in [-0.3, -0.25) is 15.0 Å². The van der Waals surface area contributed by atoms with Crippen molar-refractivity contribution in [2.75, 3.05) is 26.3 Å². The van der Waals surface area contributed by atoms with Gasteiger partial charge in [0.05, 0.1) is 19.3 Å². The van der Waals surface area contributed by atoms with E-state index in [2.05, 4.69) is 32.3 Å². The smallest absolute Gasteiger partial charge is 0.409 e. The monoisotopic (exact) mass is 488 g/mol. The lowest BCUT2D eigenvalue weighted by atomic mass is 9.95. The van der Waals surface area contributed by atoms with Gasteiger partial charge in [-0.2, -0.15) is 5.26 Å². The molecule has 11 heteroatoms. The Morgan fingerprint density at radius 1 is 1.55 bits per heavy atom. The van der Waals surface area contributed by atoms with Crippen molar-refractivity contribution in [2.45, 2.75) is 51.5 Å². The number of morpholine rings is 1. The lowest BCUT2D eigenvalue weighted by molar-refractivity contribution is -0.142. The third-order valence-electron chi connectivity index (χ3n) is 4.02. The molecule has 1 aromatic heterocycles. The number of thiazole rings is 1. The first-order valence-electron chi connectivity index (χ1n) is 9.11. The fourth-order valence-corrected chi connectivity index (χ4v) is 4.37. The van der Waals surface area contributed by atoms with E-state index in [9.17, 15) is 14.9 Å². The number of hydrogen-bond donors (Lipinski definition) is 1. The van der Waals surface area contributed by atoms with E-state index in [0.717, 1.165) is 0 Å². The van der Waals surface area contributed by atoms with Crippen molar-refractivity contribution in [3.05, 3.63) is 15.0 Å². The highest BCUT2D eigenvalue weighted by Crippen LogP contribution is 2.38. The van der Waals surface area contributed by atoms with E-state index < -0.39 is 23.5 Å².